The Bertz CT molecular complexity index is 270. The highest BCUT2D eigenvalue weighted by atomic mass is 15.0. The Morgan fingerprint density at radius 3 is 2.18 bits per heavy atom. The van der Waals surface area contributed by atoms with Gasteiger partial charge in [-0.2, -0.15) is 0 Å². The van der Waals surface area contributed by atoms with E-state index in [-0.39, 0.29) is 0 Å². The monoisotopic (exact) mass is 238 g/mol. The molecule has 2 heterocycles. The van der Waals surface area contributed by atoms with Crippen molar-refractivity contribution in [2.75, 3.05) is 11.9 Å². The highest BCUT2D eigenvalue weighted by Crippen LogP contribution is 2.21. The van der Waals surface area contributed by atoms with Gasteiger partial charge in [0, 0.05) is 12.7 Å². The van der Waals surface area contributed by atoms with Gasteiger partial charge in [-0.05, 0) is 37.0 Å². The standard InChI is InChI=1S/C9H12N2.3C2H6/c1-7-4-6-11-9-8(7)3-2-5-10-9;3*1-2/h4,6H,2-3,5H2,1H3,(H,10,11);3*1-2H3. The number of hydrogen-bond acceptors (Lipinski definition) is 2. The van der Waals surface area contributed by atoms with Crippen molar-refractivity contribution < 1.29 is 0 Å². The Morgan fingerprint density at radius 1 is 1.06 bits per heavy atom. The number of fused-ring (bicyclic) bond motifs is 1. The minimum absolute atomic E-state index is 1.07. The first-order valence-corrected chi connectivity index (χ1v) is 7.06. The summed E-state index contributed by atoms with van der Waals surface area (Å²) in [5.74, 6) is 1.09. The lowest BCUT2D eigenvalue weighted by Gasteiger charge is -2.17. The molecule has 0 bridgehead atoms. The molecule has 2 nitrogen and oxygen atoms in total. The molecule has 1 aromatic heterocycles. The van der Waals surface area contributed by atoms with Gasteiger partial charge in [-0.25, -0.2) is 4.98 Å². The Kier molecular flexibility index (Phi) is 14.0. The van der Waals surface area contributed by atoms with Crippen molar-refractivity contribution in [3.05, 3.63) is 23.4 Å². The van der Waals surface area contributed by atoms with Crippen LogP contribution in [0.3, 0.4) is 0 Å². The summed E-state index contributed by atoms with van der Waals surface area (Å²) in [4.78, 5) is 4.27. The zero-order chi connectivity index (χ0) is 13.7. The summed E-state index contributed by atoms with van der Waals surface area (Å²) in [6, 6.07) is 2.08. The zero-order valence-corrected chi connectivity index (χ0v) is 12.7. The third kappa shape index (κ3) is 6.30. The lowest BCUT2D eigenvalue weighted by molar-refractivity contribution is 0.811. The Labute approximate surface area is 108 Å². The average molecular weight is 238 g/mol. The van der Waals surface area contributed by atoms with Crippen LogP contribution in [0, 0.1) is 6.92 Å². The van der Waals surface area contributed by atoms with Gasteiger partial charge in [0.15, 0.2) is 0 Å². The molecule has 1 N–H and O–H groups in total. The molecule has 17 heavy (non-hydrogen) atoms. The summed E-state index contributed by atoms with van der Waals surface area (Å²) in [6.07, 6.45) is 4.29. The van der Waals surface area contributed by atoms with Gasteiger partial charge in [0.2, 0.25) is 0 Å². The van der Waals surface area contributed by atoms with Gasteiger partial charge in [-0.1, -0.05) is 41.5 Å². The number of aromatic nitrogens is 1. The van der Waals surface area contributed by atoms with Crippen LogP contribution in [0.1, 0.15) is 59.1 Å². The molecule has 0 aliphatic carbocycles. The maximum absolute atomic E-state index is 4.27. The third-order valence-electron chi connectivity index (χ3n) is 2.19. The molecule has 0 aromatic carbocycles. The molecule has 0 spiro atoms. The minimum atomic E-state index is 1.07. The van der Waals surface area contributed by atoms with Crippen LogP contribution < -0.4 is 5.32 Å². The zero-order valence-electron chi connectivity index (χ0n) is 12.7. The van der Waals surface area contributed by atoms with Crippen LogP contribution in [-0.4, -0.2) is 11.5 Å². The van der Waals surface area contributed by atoms with E-state index in [1.165, 1.54) is 24.0 Å². The fourth-order valence-electron chi connectivity index (χ4n) is 1.53. The van der Waals surface area contributed by atoms with Crippen molar-refractivity contribution in [3.8, 4) is 0 Å². The number of rotatable bonds is 0. The molecule has 0 atom stereocenters. The van der Waals surface area contributed by atoms with Gasteiger partial charge in [0.25, 0.3) is 0 Å². The summed E-state index contributed by atoms with van der Waals surface area (Å²) in [6.45, 7) is 15.2. The largest absolute Gasteiger partial charge is 0.370 e. The van der Waals surface area contributed by atoms with Gasteiger partial charge >= 0.3 is 0 Å². The molecule has 0 fully saturated rings. The van der Waals surface area contributed by atoms with Crippen molar-refractivity contribution in [2.24, 2.45) is 0 Å². The van der Waals surface area contributed by atoms with Gasteiger partial charge < -0.3 is 5.32 Å². The molecule has 2 heteroatoms. The number of hydrogen-bond donors (Lipinski definition) is 1. The molecular weight excluding hydrogens is 208 g/mol. The number of aryl methyl sites for hydroxylation is 1. The van der Waals surface area contributed by atoms with E-state index in [0.29, 0.717) is 0 Å². The number of nitrogens with one attached hydrogen (secondary N) is 1. The van der Waals surface area contributed by atoms with Crippen molar-refractivity contribution in [1.82, 2.24) is 4.98 Å². The molecule has 1 aromatic rings. The van der Waals surface area contributed by atoms with Crippen molar-refractivity contribution in [1.29, 1.82) is 0 Å². The van der Waals surface area contributed by atoms with Crippen LogP contribution in [0.15, 0.2) is 12.3 Å². The Morgan fingerprint density at radius 2 is 1.65 bits per heavy atom. The summed E-state index contributed by atoms with van der Waals surface area (Å²) in [5, 5.41) is 3.29. The maximum Gasteiger partial charge on any atom is 0.129 e. The quantitative estimate of drug-likeness (QED) is 0.700. The predicted octanol–water partition coefficient (Wildman–Crippen LogP) is 4.83. The van der Waals surface area contributed by atoms with E-state index in [9.17, 15) is 0 Å². The fraction of sp³-hybridized carbons (Fsp3) is 0.667. The Balaban J connectivity index is 0. The summed E-state index contributed by atoms with van der Waals surface area (Å²) >= 11 is 0. The molecule has 1 aliphatic rings. The molecule has 0 saturated heterocycles. The summed E-state index contributed by atoms with van der Waals surface area (Å²) in [7, 11) is 0. The van der Waals surface area contributed by atoms with Gasteiger partial charge in [0.1, 0.15) is 5.82 Å². The maximum atomic E-state index is 4.27. The highest BCUT2D eigenvalue weighted by Gasteiger charge is 2.10. The highest BCUT2D eigenvalue weighted by molar-refractivity contribution is 5.49. The molecular formula is C15H30N2. The van der Waals surface area contributed by atoms with E-state index >= 15 is 0 Å². The number of anilines is 1. The average Bonchev–Trinajstić information content (AvgIpc) is 2.46. The van der Waals surface area contributed by atoms with Crippen LogP contribution in [0.5, 0.6) is 0 Å². The van der Waals surface area contributed by atoms with Crippen LogP contribution in [-0.2, 0) is 6.42 Å². The molecule has 0 radical (unpaired) electrons. The van der Waals surface area contributed by atoms with Crippen molar-refractivity contribution >= 4 is 5.82 Å². The second kappa shape index (κ2) is 13.0. The summed E-state index contributed by atoms with van der Waals surface area (Å²) in [5.41, 5.74) is 2.76. The van der Waals surface area contributed by atoms with Gasteiger partial charge in [-0.15, -0.1) is 0 Å². The lowest BCUT2D eigenvalue weighted by atomic mass is 10.0. The lowest BCUT2D eigenvalue weighted by Crippen LogP contribution is -2.13. The molecule has 2 rings (SSSR count). The normalized spacial score (nSPS) is 11.0. The van der Waals surface area contributed by atoms with E-state index in [4.69, 9.17) is 0 Å². The smallest absolute Gasteiger partial charge is 0.129 e. The number of pyridine rings is 1. The SMILES string of the molecule is CC.CC.CC.Cc1ccnc2c1CCCN2. The molecule has 1 aliphatic heterocycles. The second-order valence-corrected chi connectivity index (χ2v) is 2.99. The van der Waals surface area contributed by atoms with Crippen LogP contribution in [0.4, 0.5) is 5.82 Å². The molecule has 100 valence electrons. The van der Waals surface area contributed by atoms with E-state index in [0.717, 1.165) is 12.4 Å². The topological polar surface area (TPSA) is 24.9 Å². The molecule has 0 unspecified atom stereocenters. The first-order valence-electron chi connectivity index (χ1n) is 7.06. The first-order chi connectivity index (χ1) is 8.38. The Hall–Kier alpha value is -1.05. The first kappa shape index (κ1) is 18.3. The van der Waals surface area contributed by atoms with E-state index in [1.807, 2.05) is 47.7 Å². The van der Waals surface area contributed by atoms with E-state index in [1.54, 1.807) is 0 Å². The third-order valence-corrected chi connectivity index (χ3v) is 2.19. The van der Waals surface area contributed by atoms with Crippen molar-refractivity contribution in [2.45, 2.75) is 61.3 Å². The van der Waals surface area contributed by atoms with E-state index < -0.39 is 0 Å². The van der Waals surface area contributed by atoms with Crippen LogP contribution in [0.25, 0.3) is 0 Å². The fourth-order valence-corrected chi connectivity index (χ4v) is 1.53. The van der Waals surface area contributed by atoms with Crippen LogP contribution >= 0.6 is 0 Å². The van der Waals surface area contributed by atoms with Gasteiger partial charge in [-0.3, -0.25) is 0 Å². The van der Waals surface area contributed by atoms with Crippen LogP contribution in [0.2, 0.25) is 0 Å². The number of nitrogens with zero attached hydrogens (tertiary/aromatic N) is 1. The summed E-state index contributed by atoms with van der Waals surface area (Å²) < 4.78 is 0. The minimum Gasteiger partial charge on any atom is -0.370 e. The van der Waals surface area contributed by atoms with E-state index in [2.05, 4.69) is 23.3 Å². The predicted molar refractivity (Wildman–Crippen MR) is 79.8 cm³/mol. The molecule has 0 saturated carbocycles. The van der Waals surface area contributed by atoms with Gasteiger partial charge in [0.05, 0.1) is 0 Å². The van der Waals surface area contributed by atoms with Crippen molar-refractivity contribution in [3.63, 3.8) is 0 Å². The second-order valence-electron chi connectivity index (χ2n) is 2.99. The molecule has 0 amide bonds.